The van der Waals surface area contributed by atoms with Gasteiger partial charge in [-0.25, -0.2) is 4.98 Å². The molecule has 5 nitrogen and oxygen atoms in total. The van der Waals surface area contributed by atoms with Gasteiger partial charge in [0.25, 0.3) is 0 Å². The van der Waals surface area contributed by atoms with Gasteiger partial charge < -0.3 is 19.4 Å². The summed E-state index contributed by atoms with van der Waals surface area (Å²) in [7, 11) is 3.34. The Morgan fingerprint density at radius 2 is 1.62 bits per heavy atom. The maximum atomic E-state index is 5.57. The molecule has 0 bridgehead atoms. The highest BCUT2D eigenvalue weighted by atomic mass is 16.5. The summed E-state index contributed by atoms with van der Waals surface area (Å²) in [5, 5.41) is 3.65. The van der Waals surface area contributed by atoms with Crippen LogP contribution in [0, 0.1) is 0 Å². The van der Waals surface area contributed by atoms with Crippen LogP contribution in [0.5, 0.6) is 11.5 Å². The maximum absolute atomic E-state index is 5.57. The van der Waals surface area contributed by atoms with Crippen LogP contribution in [0.15, 0.2) is 72.8 Å². The van der Waals surface area contributed by atoms with Crippen LogP contribution >= 0.6 is 0 Å². The zero-order valence-corrected chi connectivity index (χ0v) is 16.5. The highest BCUT2D eigenvalue weighted by molar-refractivity contribution is 5.79. The lowest BCUT2D eigenvalue weighted by Crippen LogP contribution is -2.27. The van der Waals surface area contributed by atoms with Crippen LogP contribution in [-0.4, -0.2) is 23.8 Å². The fraction of sp³-hybridized carbons (Fsp3) is 0.208. The number of hydrogen-bond acceptors (Lipinski definition) is 4. The number of anilines is 1. The van der Waals surface area contributed by atoms with E-state index >= 15 is 0 Å². The summed E-state index contributed by atoms with van der Waals surface area (Å²) < 4.78 is 13.3. The molecule has 146 valence electrons. The van der Waals surface area contributed by atoms with Gasteiger partial charge in [0.1, 0.15) is 0 Å². The van der Waals surface area contributed by atoms with Gasteiger partial charge in [-0.1, -0.05) is 48.5 Å². The summed E-state index contributed by atoms with van der Waals surface area (Å²) in [5.74, 6) is 2.37. The minimum Gasteiger partial charge on any atom is -0.493 e. The van der Waals surface area contributed by atoms with Crippen LogP contribution < -0.4 is 14.8 Å². The van der Waals surface area contributed by atoms with E-state index < -0.39 is 0 Å². The molecule has 0 saturated carbocycles. The zero-order valence-electron chi connectivity index (χ0n) is 16.5. The van der Waals surface area contributed by atoms with E-state index in [9.17, 15) is 0 Å². The van der Waals surface area contributed by atoms with Gasteiger partial charge in [0.05, 0.1) is 37.3 Å². The summed E-state index contributed by atoms with van der Waals surface area (Å²) in [6, 6.07) is 25.3. The summed E-state index contributed by atoms with van der Waals surface area (Å²) in [6.45, 7) is 0. The molecule has 2 atom stereocenters. The fourth-order valence-electron chi connectivity index (χ4n) is 4.26. The monoisotopic (exact) mass is 385 g/mol. The van der Waals surface area contributed by atoms with Crippen molar-refractivity contribution in [3.63, 3.8) is 0 Å². The van der Waals surface area contributed by atoms with Gasteiger partial charge in [-0.15, -0.1) is 0 Å². The molecule has 29 heavy (non-hydrogen) atoms. The lowest BCUT2D eigenvalue weighted by molar-refractivity contribution is 0.353. The van der Waals surface area contributed by atoms with Crippen molar-refractivity contribution in [3.8, 4) is 11.5 Å². The molecular formula is C24H23N3O2. The van der Waals surface area contributed by atoms with Crippen molar-refractivity contribution < 1.29 is 9.47 Å². The fourth-order valence-corrected chi connectivity index (χ4v) is 4.26. The lowest BCUT2D eigenvalue weighted by Gasteiger charge is -2.33. The van der Waals surface area contributed by atoms with Gasteiger partial charge in [-0.05, 0) is 41.8 Å². The molecule has 4 aromatic rings. The van der Waals surface area contributed by atoms with Crippen LogP contribution in [0.25, 0.3) is 11.0 Å². The number of rotatable bonds is 4. The largest absolute Gasteiger partial charge is 0.493 e. The number of aromatic nitrogens is 2. The first kappa shape index (κ1) is 17.6. The molecular weight excluding hydrogens is 362 g/mol. The van der Waals surface area contributed by atoms with Gasteiger partial charge in [0.15, 0.2) is 11.5 Å². The second-order valence-electron chi connectivity index (χ2n) is 7.27. The second kappa shape index (κ2) is 7.17. The number of hydrogen-bond donors (Lipinski definition) is 1. The van der Waals surface area contributed by atoms with Crippen LogP contribution in [0.3, 0.4) is 0 Å². The lowest BCUT2D eigenvalue weighted by atomic mass is 9.92. The van der Waals surface area contributed by atoms with Gasteiger partial charge in [-0.2, -0.15) is 0 Å². The van der Waals surface area contributed by atoms with Crippen molar-refractivity contribution in [2.45, 2.75) is 18.5 Å². The van der Waals surface area contributed by atoms with Crippen LogP contribution in [0.1, 0.15) is 29.6 Å². The first-order valence-corrected chi connectivity index (χ1v) is 9.79. The minimum absolute atomic E-state index is 0.128. The van der Waals surface area contributed by atoms with Gasteiger partial charge in [-0.3, -0.25) is 0 Å². The Hall–Kier alpha value is -3.47. The molecule has 3 aromatic carbocycles. The number of nitrogens with zero attached hydrogens (tertiary/aromatic N) is 2. The van der Waals surface area contributed by atoms with Crippen molar-refractivity contribution in [1.29, 1.82) is 0 Å². The number of benzene rings is 3. The van der Waals surface area contributed by atoms with E-state index in [-0.39, 0.29) is 12.1 Å². The molecule has 2 heterocycles. The maximum Gasteiger partial charge on any atom is 0.204 e. The molecule has 1 aliphatic rings. The smallest absolute Gasteiger partial charge is 0.204 e. The van der Waals surface area contributed by atoms with Gasteiger partial charge in [0, 0.05) is 0 Å². The number of fused-ring (bicyclic) bond motifs is 3. The summed E-state index contributed by atoms with van der Waals surface area (Å²) >= 11 is 0. The quantitative estimate of drug-likeness (QED) is 0.525. The first-order chi connectivity index (χ1) is 14.3. The third-order valence-corrected chi connectivity index (χ3v) is 5.66. The molecule has 5 heteroatoms. The molecule has 0 spiro atoms. The SMILES string of the molecule is COc1ccc(C2CC(c3ccccc3)Nc3nc4ccccc4n32)cc1OC. The van der Waals surface area contributed by atoms with E-state index in [1.54, 1.807) is 14.2 Å². The highest BCUT2D eigenvalue weighted by Gasteiger charge is 2.31. The molecule has 2 unspecified atom stereocenters. The van der Waals surface area contributed by atoms with E-state index in [2.05, 4.69) is 64.5 Å². The minimum atomic E-state index is 0.128. The molecule has 1 aliphatic heterocycles. The van der Waals surface area contributed by atoms with E-state index in [1.165, 1.54) is 11.1 Å². The van der Waals surface area contributed by atoms with Crippen molar-refractivity contribution in [2.75, 3.05) is 19.5 Å². The average molecular weight is 385 g/mol. The highest BCUT2D eigenvalue weighted by Crippen LogP contribution is 2.42. The van der Waals surface area contributed by atoms with Crippen LogP contribution in [0.2, 0.25) is 0 Å². The Morgan fingerprint density at radius 3 is 2.41 bits per heavy atom. The average Bonchev–Trinajstić information content (AvgIpc) is 3.17. The van der Waals surface area contributed by atoms with E-state index in [4.69, 9.17) is 14.5 Å². The Morgan fingerprint density at radius 1 is 0.862 bits per heavy atom. The summed E-state index contributed by atoms with van der Waals surface area (Å²) in [4.78, 5) is 4.88. The Kier molecular flexibility index (Phi) is 4.35. The third kappa shape index (κ3) is 2.99. The molecule has 5 rings (SSSR count). The van der Waals surface area contributed by atoms with E-state index in [1.807, 2.05) is 18.2 Å². The molecule has 0 radical (unpaired) electrons. The molecule has 1 aromatic heterocycles. The van der Waals surface area contributed by atoms with Crippen molar-refractivity contribution in [3.05, 3.63) is 83.9 Å². The Balaban J connectivity index is 1.67. The molecule has 0 amide bonds. The normalized spacial score (nSPS) is 18.1. The van der Waals surface area contributed by atoms with Gasteiger partial charge >= 0.3 is 0 Å². The number of para-hydroxylation sites is 2. The number of nitrogens with one attached hydrogen (secondary N) is 1. The van der Waals surface area contributed by atoms with E-state index in [0.717, 1.165) is 34.9 Å². The van der Waals surface area contributed by atoms with Crippen LogP contribution in [-0.2, 0) is 0 Å². The molecule has 0 aliphatic carbocycles. The van der Waals surface area contributed by atoms with Crippen molar-refractivity contribution in [1.82, 2.24) is 9.55 Å². The number of imidazole rings is 1. The first-order valence-electron chi connectivity index (χ1n) is 9.79. The summed E-state index contributed by atoms with van der Waals surface area (Å²) in [6.07, 6.45) is 0.910. The third-order valence-electron chi connectivity index (χ3n) is 5.66. The second-order valence-corrected chi connectivity index (χ2v) is 7.27. The standard InChI is InChI=1S/C24H23N3O2/c1-28-22-13-12-17(14-23(22)29-2)21-15-19(16-8-4-3-5-9-16)26-24-25-18-10-6-7-11-20(18)27(21)24/h3-14,19,21H,15H2,1-2H3,(H,25,26). The zero-order chi connectivity index (χ0) is 19.8. The van der Waals surface area contributed by atoms with Crippen molar-refractivity contribution >= 4 is 17.0 Å². The van der Waals surface area contributed by atoms with Crippen molar-refractivity contribution in [2.24, 2.45) is 0 Å². The Bertz CT molecular complexity index is 1150. The van der Waals surface area contributed by atoms with Gasteiger partial charge in [0.2, 0.25) is 5.95 Å². The van der Waals surface area contributed by atoms with E-state index in [0.29, 0.717) is 0 Å². The predicted molar refractivity (Wildman–Crippen MR) is 115 cm³/mol. The molecule has 0 fully saturated rings. The Labute approximate surface area is 169 Å². The number of methoxy groups -OCH3 is 2. The topological polar surface area (TPSA) is 48.3 Å². The predicted octanol–water partition coefficient (Wildman–Crippen LogP) is 5.20. The van der Waals surface area contributed by atoms with Crippen LogP contribution in [0.4, 0.5) is 5.95 Å². The molecule has 0 saturated heterocycles. The summed E-state index contributed by atoms with van der Waals surface area (Å²) in [5.41, 5.74) is 4.56. The number of ether oxygens (including phenoxy) is 2. The molecule has 1 N–H and O–H groups in total.